The topological polar surface area (TPSA) is 35.2 Å². The van der Waals surface area contributed by atoms with Crippen molar-refractivity contribution in [3.05, 3.63) is 39.5 Å². The zero-order valence-electron chi connectivity index (χ0n) is 9.56. The fraction of sp³-hybridized carbons (Fsp3) is 0.231. The summed E-state index contributed by atoms with van der Waals surface area (Å²) in [6.45, 7) is 0.537. The van der Waals surface area contributed by atoms with Crippen LogP contribution < -0.4 is 10.5 Å². The quantitative estimate of drug-likeness (QED) is 0.917. The van der Waals surface area contributed by atoms with Crippen molar-refractivity contribution < 1.29 is 4.74 Å². The molecule has 0 saturated carbocycles. The largest absolute Gasteiger partial charge is 0.488 e. The summed E-state index contributed by atoms with van der Waals surface area (Å²) in [4.78, 5) is 0. The normalized spacial score (nSPS) is 16.9. The maximum Gasteiger partial charge on any atom is 0.131 e. The summed E-state index contributed by atoms with van der Waals surface area (Å²) in [5, 5.41) is 4.91. The van der Waals surface area contributed by atoms with Gasteiger partial charge in [-0.1, -0.05) is 11.6 Å². The number of thiophene rings is 1. The lowest BCUT2D eigenvalue weighted by molar-refractivity contribution is 0.242. The zero-order valence-corrected chi connectivity index (χ0v) is 11.9. The van der Waals surface area contributed by atoms with E-state index in [1.165, 1.54) is 0 Å². The molecule has 0 fully saturated rings. The van der Waals surface area contributed by atoms with Crippen molar-refractivity contribution in [3.63, 3.8) is 0 Å². The third-order valence-corrected chi connectivity index (χ3v) is 3.86. The number of fused-ring (bicyclic) bond motifs is 1. The minimum absolute atomic E-state index is 0. The second-order valence-electron chi connectivity index (χ2n) is 4.13. The molecule has 0 aliphatic carbocycles. The summed E-state index contributed by atoms with van der Waals surface area (Å²) in [5.74, 6) is 0.947. The molecule has 1 atom stereocenters. The van der Waals surface area contributed by atoms with E-state index in [4.69, 9.17) is 22.1 Å². The van der Waals surface area contributed by atoms with Crippen LogP contribution in [0.1, 0.15) is 5.56 Å². The average Bonchev–Trinajstić information content (AvgIpc) is 2.96. The van der Waals surface area contributed by atoms with E-state index < -0.39 is 0 Å². The van der Waals surface area contributed by atoms with Gasteiger partial charge in [-0.15, -0.1) is 12.4 Å². The number of hydrogen-bond acceptors (Lipinski definition) is 3. The number of halogens is 2. The molecule has 2 nitrogen and oxygen atoms in total. The van der Waals surface area contributed by atoms with Crippen LogP contribution in [0.3, 0.4) is 0 Å². The van der Waals surface area contributed by atoms with E-state index in [1.54, 1.807) is 11.3 Å². The van der Waals surface area contributed by atoms with E-state index in [9.17, 15) is 0 Å². The lowest BCUT2D eigenvalue weighted by atomic mass is 10.0. The molecule has 0 bridgehead atoms. The van der Waals surface area contributed by atoms with Crippen LogP contribution in [0, 0.1) is 0 Å². The van der Waals surface area contributed by atoms with Crippen LogP contribution in [-0.2, 0) is 6.42 Å². The van der Waals surface area contributed by atoms with Crippen LogP contribution >= 0.6 is 35.3 Å². The van der Waals surface area contributed by atoms with Gasteiger partial charge in [0.2, 0.25) is 0 Å². The van der Waals surface area contributed by atoms with Crippen LogP contribution in [0.25, 0.3) is 11.1 Å². The Labute approximate surface area is 121 Å². The molecular weight excluding hydrogens is 289 g/mol. The second kappa shape index (κ2) is 5.49. The standard InChI is InChI=1S/C13H12ClNOS.ClH/c14-10-3-9-4-11(6-15)16-13(9)12(5-10)8-1-2-17-7-8;/h1-3,5,7,11H,4,6,15H2;1H. The van der Waals surface area contributed by atoms with E-state index in [0.717, 1.165) is 33.9 Å². The van der Waals surface area contributed by atoms with E-state index in [2.05, 4.69) is 16.8 Å². The van der Waals surface area contributed by atoms with Crippen molar-refractivity contribution in [2.24, 2.45) is 5.73 Å². The molecule has 1 aliphatic rings. The Morgan fingerprint density at radius 2 is 2.28 bits per heavy atom. The van der Waals surface area contributed by atoms with E-state index >= 15 is 0 Å². The van der Waals surface area contributed by atoms with Crippen molar-refractivity contribution in [2.45, 2.75) is 12.5 Å². The van der Waals surface area contributed by atoms with Gasteiger partial charge >= 0.3 is 0 Å². The number of nitrogens with two attached hydrogens (primary N) is 1. The van der Waals surface area contributed by atoms with Gasteiger partial charge in [-0.2, -0.15) is 11.3 Å². The molecule has 3 rings (SSSR count). The molecule has 2 heterocycles. The van der Waals surface area contributed by atoms with Gasteiger partial charge in [-0.05, 0) is 40.1 Å². The molecule has 0 saturated heterocycles. The Morgan fingerprint density at radius 3 is 2.94 bits per heavy atom. The molecule has 1 aromatic heterocycles. The molecular formula is C13H13Cl2NOS. The van der Waals surface area contributed by atoms with Gasteiger partial charge in [0.25, 0.3) is 0 Å². The zero-order chi connectivity index (χ0) is 11.8. The first-order valence-electron chi connectivity index (χ1n) is 5.49. The highest BCUT2D eigenvalue weighted by Crippen LogP contribution is 2.41. The third-order valence-electron chi connectivity index (χ3n) is 2.96. The highest BCUT2D eigenvalue weighted by atomic mass is 35.5. The fourth-order valence-corrected chi connectivity index (χ4v) is 3.05. The van der Waals surface area contributed by atoms with Crippen molar-refractivity contribution in [1.29, 1.82) is 0 Å². The van der Waals surface area contributed by atoms with E-state index in [0.29, 0.717) is 6.54 Å². The summed E-state index contributed by atoms with van der Waals surface area (Å²) < 4.78 is 5.89. The highest BCUT2D eigenvalue weighted by molar-refractivity contribution is 7.08. The van der Waals surface area contributed by atoms with Crippen molar-refractivity contribution >= 4 is 35.3 Å². The predicted octanol–water partition coefficient (Wildman–Crippen LogP) is 3.75. The van der Waals surface area contributed by atoms with Gasteiger partial charge in [0.15, 0.2) is 0 Å². The van der Waals surface area contributed by atoms with Gasteiger partial charge in [0.1, 0.15) is 11.9 Å². The van der Waals surface area contributed by atoms with Crippen LogP contribution in [-0.4, -0.2) is 12.6 Å². The summed E-state index contributed by atoms with van der Waals surface area (Å²) in [6, 6.07) is 6.01. The smallest absolute Gasteiger partial charge is 0.131 e. The SMILES string of the molecule is Cl.NCC1Cc2cc(Cl)cc(-c3ccsc3)c2O1. The summed E-state index contributed by atoms with van der Waals surface area (Å²) in [6.07, 6.45) is 0.935. The molecule has 2 N–H and O–H groups in total. The van der Waals surface area contributed by atoms with Gasteiger partial charge in [0.05, 0.1) is 0 Å². The van der Waals surface area contributed by atoms with Gasteiger partial charge in [-0.3, -0.25) is 0 Å². The maximum atomic E-state index is 6.15. The monoisotopic (exact) mass is 301 g/mol. The number of benzene rings is 1. The van der Waals surface area contributed by atoms with Crippen LogP contribution in [0.15, 0.2) is 29.0 Å². The summed E-state index contributed by atoms with van der Waals surface area (Å²) >= 11 is 7.82. The minimum Gasteiger partial charge on any atom is -0.488 e. The maximum absolute atomic E-state index is 6.15. The highest BCUT2D eigenvalue weighted by Gasteiger charge is 2.25. The van der Waals surface area contributed by atoms with Crippen molar-refractivity contribution in [1.82, 2.24) is 0 Å². The molecule has 1 aromatic carbocycles. The first kappa shape index (κ1) is 13.7. The third kappa shape index (κ3) is 2.36. The van der Waals surface area contributed by atoms with Crippen LogP contribution in [0.5, 0.6) is 5.75 Å². The fourth-order valence-electron chi connectivity index (χ4n) is 2.16. The van der Waals surface area contributed by atoms with Crippen LogP contribution in [0.4, 0.5) is 0 Å². The van der Waals surface area contributed by atoms with Gasteiger partial charge in [-0.25, -0.2) is 0 Å². The second-order valence-corrected chi connectivity index (χ2v) is 5.35. The average molecular weight is 302 g/mol. The summed E-state index contributed by atoms with van der Waals surface area (Å²) in [7, 11) is 0. The molecule has 2 aromatic rings. The number of rotatable bonds is 2. The van der Waals surface area contributed by atoms with Gasteiger partial charge in [0, 0.05) is 23.6 Å². The summed E-state index contributed by atoms with van der Waals surface area (Å²) in [5.41, 5.74) is 9.06. The molecule has 5 heteroatoms. The van der Waals surface area contributed by atoms with E-state index in [1.807, 2.05) is 12.1 Å². The first-order valence-corrected chi connectivity index (χ1v) is 6.81. The number of ether oxygens (including phenoxy) is 1. The Morgan fingerprint density at radius 1 is 1.44 bits per heavy atom. The Bertz CT molecular complexity index is 542. The lowest BCUT2D eigenvalue weighted by Crippen LogP contribution is -2.24. The Hall–Kier alpha value is -0.740. The molecule has 0 amide bonds. The van der Waals surface area contributed by atoms with Crippen LogP contribution in [0.2, 0.25) is 5.02 Å². The van der Waals surface area contributed by atoms with Gasteiger partial charge < -0.3 is 10.5 Å². The number of hydrogen-bond donors (Lipinski definition) is 1. The molecule has 1 unspecified atom stereocenters. The minimum atomic E-state index is 0. The van der Waals surface area contributed by atoms with Crippen molar-refractivity contribution in [2.75, 3.05) is 6.54 Å². The Kier molecular flexibility index (Phi) is 4.17. The first-order chi connectivity index (χ1) is 8.28. The molecule has 0 radical (unpaired) electrons. The Balaban J connectivity index is 0.00000120. The molecule has 18 heavy (non-hydrogen) atoms. The molecule has 0 spiro atoms. The lowest BCUT2D eigenvalue weighted by Gasteiger charge is -2.10. The molecule has 96 valence electrons. The molecule has 1 aliphatic heterocycles. The van der Waals surface area contributed by atoms with Crippen molar-refractivity contribution in [3.8, 4) is 16.9 Å². The van der Waals surface area contributed by atoms with E-state index in [-0.39, 0.29) is 18.5 Å². The predicted molar refractivity (Wildman–Crippen MR) is 79.2 cm³/mol.